The molecule has 0 saturated heterocycles. The van der Waals surface area contributed by atoms with Crippen LogP contribution in [0.25, 0.3) is 0 Å². The molecule has 0 atom stereocenters. The van der Waals surface area contributed by atoms with Crippen molar-refractivity contribution < 1.29 is 8.78 Å². The highest BCUT2D eigenvalue weighted by Gasteiger charge is 2.08. The molecule has 0 amide bonds. The normalized spacial score (nSPS) is 10.0. The SMILES string of the molecule is CC(=S)c1cc(F)c(F)cc1Cl. The topological polar surface area (TPSA) is 0 Å². The van der Waals surface area contributed by atoms with Crippen molar-refractivity contribution in [2.75, 3.05) is 0 Å². The van der Waals surface area contributed by atoms with Gasteiger partial charge in [-0.15, -0.1) is 0 Å². The van der Waals surface area contributed by atoms with Crippen LogP contribution in [0.5, 0.6) is 0 Å². The average molecular weight is 207 g/mol. The first-order valence-electron chi connectivity index (χ1n) is 3.18. The Morgan fingerprint density at radius 1 is 1.33 bits per heavy atom. The largest absolute Gasteiger partial charge is 0.204 e. The maximum Gasteiger partial charge on any atom is 0.160 e. The van der Waals surface area contributed by atoms with E-state index < -0.39 is 11.6 Å². The Bertz CT molecular complexity index is 336. The van der Waals surface area contributed by atoms with E-state index in [4.69, 9.17) is 23.8 Å². The zero-order valence-electron chi connectivity index (χ0n) is 6.20. The minimum Gasteiger partial charge on any atom is -0.204 e. The average Bonchev–Trinajstić information content (AvgIpc) is 1.96. The molecule has 64 valence electrons. The summed E-state index contributed by atoms with van der Waals surface area (Å²) in [6, 6.07) is 1.92. The van der Waals surface area contributed by atoms with Gasteiger partial charge >= 0.3 is 0 Å². The second-order valence-corrected chi connectivity index (χ2v) is 3.32. The predicted molar refractivity (Wildman–Crippen MR) is 48.7 cm³/mol. The number of benzene rings is 1. The summed E-state index contributed by atoms with van der Waals surface area (Å²) in [5, 5.41) is 0.140. The first-order valence-corrected chi connectivity index (χ1v) is 3.96. The molecule has 0 spiro atoms. The molecule has 0 aliphatic carbocycles. The van der Waals surface area contributed by atoms with Crippen LogP contribution in [0.3, 0.4) is 0 Å². The fraction of sp³-hybridized carbons (Fsp3) is 0.125. The van der Waals surface area contributed by atoms with E-state index in [1.165, 1.54) is 0 Å². The summed E-state index contributed by atoms with van der Waals surface area (Å²) in [5.74, 6) is -1.89. The lowest BCUT2D eigenvalue weighted by Crippen LogP contribution is -1.95. The lowest BCUT2D eigenvalue weighted by atomic mass is 10.1. The molecule has 0 N–H and O–H groups in total. The number of hydrogen-bond donors (Lipinski definition) is 0. The molecule has 1 aromatic rings. The fourth-order valence-corrected chi connectivity index (χ4v) is 1.31. The van der Waals surface area contributed by atoms with Crippen molar-refractivity contribution in [2.24, 2.45) is 0 Å². The van der Waals surface area contributed by atoms with Gasteiger partial charge in [0.05, 0.1) is 5.02 Å². The van der Waals surface area contributed by atoms with Crippen LogP contribution < -0.4 is 0 Å². The monoisotopic (exact) mass is 206 g/mol. The smallest absolute Gasteiger partial charge is 0.160 e. The van der Waals surface area contributed by atoms with Crippen molar-refractivity contribution in [2.45, 2.75) is 6.92 Å². The Balaban J connectivity index is 3.33. The molecule has 0 heterocycles. The molecule has 0 aliphatic heterocycles. The van der Waals surface area contributed by atoms with Crippen molar-refractivity contribution in [1.82, 2.24) is 0 Å². The molecule has 4 heteroatoms. The van der Waals surface area contributed by atoms with Gasteiger partial charge < -0.3 is 0 Å². The maximum absolute atomic E-state index is 12.6. The van der Waals surface area contributed by atoms with E-state index >= 15 is 0 Å². The Morgan fingerprint density at radius 3 is 2.33 bits per heavy atom. The first-order chi connectivity index (χ1) is 5.52. The minimum absolute atomic E-state index is 0.140. The van der Waals surface area contributed by atoms with Crippen LogP contribution in [0.2, 0.25) is 5.02 Å². The molecule has 0 unspecified atom stereocenters. The molecule has 0 aromatic heterocycles. The highest BCUT2D eigenvalue weighted by atomic mass is 35.5. The summed E-state index contributed by atoms with van der Waals surface area (Å²) in [5.41, 5.74) is 0.366. The molecule has 0 saturated carbocycles. The maximum atomic E-state index is 12.6. The van der Waals surface area contributed by atoms with Gasteiger partial charge in [0.2, 0.25) is 0 Å². The van der Waals surface area contributed by atoms with E-state index in [9.17, 15) is 8.78 Å². The van der Waals surface area contributed by atoms with Gasteiger partial charge in [0.1, 0.15) is 0 Å². The molecular weight excluding hydrogens is 202 g/mol. The van der Waals surface area contributed by atoms with E-state index in [-0.39, 0.29) is 5.02 Å². The summed E-state index contributed by atoms with van der Waals surface area (Å²) >= 11 is 10.4. The van der Waals surface area contributed by atoms with Crippen LogP contribution in [-0.2, 0) is 0 Å². The van der Waals surface area contributed by atoms with Crippen LogP contribution in [0.15, 0.2) is 12.1 Å². The molecular formula is C8H5ClF2S. The van der Waals surface area contributed by atoms with Gasteiger partial charge in [-0.05, 0) is 19.1 Å². The highest BCUT2D eigenvalue weighted by molar-refractivity contribution is 7.80. The molecule has 12 heavy (non-hydrogen) atoms. The van der Waals surface area contributed by atoms with E-state index in [0.29, 0.717) is 10.4 Å². The van der Waals surface area contributed by atoms with Crippen LogP contribution in [-0.4, -0.2) is 4.86 Å². The third kappa shape index (κ3) is 1.79. The van der Waals surface area contributed by atoms with E-state index in [2.05, 4.69) is 0 Å². The van der Waals surface area contributed by atoms with Gasteiger partial charge in [-0.3, -0.25) is 0 Å². The van der Waals surface area contributed by atoms with Crippen LogP contribution >= 0.6 is 23.8 Å². The predicted octanol–water partition coefficient (Wildman–Crippen LogP) is 3.36. The first kappa shape index (κ1) is 9.55. The van der Waals surface area contributed by atoms with Crippen molar-refractivity contribution in [1.29, 1.82) is 0 Å². The Labute approximate surface area is 79.2 Å². The van der Waals surface area contributed by atoms with Gasteiger partial charge in [-0.2, -0.15) is 0 Å². The number of halogens is 3. The Hall–Kier alpha value is -0.540. The Morgan fingerprint density at radius 2 is 1.83 bits per heavy atom. The standard InChI is InChI=1S/C8H5ClF2S/c1-4(12)5-2-7(10)8(11)3-6(5)9/h2-3H,1H3. The second-order valence-electron chi connectivity index (χ2n) is 2.30. The van der Waals surface area contributed by atoms with Crippen LogP contribution in [0.4, 0.5) is 8.78 Å². The van der Waals surface area contributed by atoms with Crippen molar-refractivity contribution in [3.05, 3.63) is 34.4 Å². The highest BCUT2D eigenvalue weighted by Crippen LogP contribution is 2.20. The number of thiocarbonyl (C=S) groups is 1. The number of hydrogen-bond acceptors (Lipinski definition) is 1. The lowest BCUT2D eigenvalue weighted by molar-refractivity contribution is 0.508. The summed E-state index contributed by atoms with van der Waals surface area (Å²) in [7, 11) is 0. The summed E-state index contributed by atoms with van der Waals surface area (Å²) in [6.45, 7) is 1.61. The van der Waals surface area contributed by atoms with E-state index in [1.54, 1.807) is 6.92 Å². The third-order valence-electron chi connectivity index (χ3n) is 1.39. The van der Waals surface area contributed by atoms with Crippen LogP contribution in [0, 0.1) is 11.6 Å². The zero-order valence-corrected chi connectivity index (χ0v) is 7.77. The summed E-state index contributed by atoms with van der Waals surface area (Å²) in [6.07, 6.45) is 0. The molecule has 0 radical (unpaired) electrons. The lowest BCUT2D eigenvalue weighted by Gasteiger charge is -2.01. The molecule has 0 bridgehead atoms. The second kappa shape index (κ2) is 3.46. The quantitative estimate of drug-likeness (QED) is 0.386. The molecule has 0 fully saturated rings. The zero-order chi connectivity index (χ0) is 9.30. The van der Waals surface area contributed by atoms with Gasteiger partial charge in [-0.1, -0.05) is 23.8 Å². The van der Waals surface area contributed by atoms with Crippen molar-refractivity contribution in [3.8, 4) is 0 Å². The van der Waals surface area contributed by atoms with Crippen molar-refractivity contribution in [3.63, 3.8) is 0 Å². The van der Waals surface area contributed by atoms with Gasteiger partial charge in [-0.25, -0.2) is 8.78 Å². The number of rotatable bonds is 1. The van der Waals surface area contributed by atoms with Gasteiger partial charge in [0.15, 0.2) is 11.6 Å². The summed E-state index contributed by atoms with van der Waals surface area (Å²) < 4.78 is 25.1. The Kier molecular flexibility index (Phi) is 2.75. The molecule has 1 rings (SSSR count). The van der Waals surface area contributed by atoms with Crippen LogP contribution in [0.1, 0.15) is 12.5 Å². The van der Waals surface area contributed by atoms with Gasteiger partial charge in [0, 0.05) is 10.4 Å². The molecule has 1 aromatic carbocycles. The molecule has 0 nitrogen and oxygen atoms in total. The minimum atomic E-state index is -0.958. The van der Waals surface area contributed by atoms with E-state index in [0.717, 1.165) is 12.1 Å². The van der Waals surface area contributed by atoms with Gasteiger partial charge in [0.25, 0.3) is 0 Å². The fourth-order valence-electron chi connectivity index (χ4n) is 0.792. The third-order valence-corrected chi connectivity index (χ3v) is 1.92. The molecule has 0 aliphatic rings. The summed E-state index contributed by atoms with van der Waals surface area (Å²) in [4.78, 5) is 0.443. The van der Waals surface area contributed by atoms with E-state index in [1.807, 2.05) is 0 Å². The van der Waals surface area contributed by atoms with Crippen molar-refractivity contribution >= 4 is 28.7 Å².